The van der Waals surface area contributed by atoms with Crippen molar-refractivity contribution in [1.29, 1.82) is 0 Å². The van der Waals surface area contributed by atoms with Gasteiger partial charge in [0.05, 0.1) is 6.04 Å². The zero-order valence-corrected chi connectivity index (χ0v) is 13.3. The van der Waals surface area contributed by atoms with E-state index in [2.05, 4.69) is 0 Å². The highest BCUT2D eigenvalue weighted by molar-refractivity contribution is 5.73. The van der Waals surface area contributed by atoms with Gasteiger partial charge in [0.15, 0.2) is 0 Å². The van der Waals surface area contributed by atoms with Crippen LogP contribution in [0.5, 0.6) is 5.75 Å². The number of amides is 2. The molecule has 1 saturated heterocycles. The molecule has 2 amide bonds. The topological polar surface area (TPSA) is 55.6 Å². The van der Waals surface area contributed by atoms with Crippen molar-refractivity contribution in [1.82, 2.24) is 4.90 Å². The third-order valence-corrected chi connectivity index (χ3v) is 4.41. The molecule has 2 N–H and O–H groups in total. The van der Waals surface area contributed by atoms with Crippen molar-refractivity contribution in [2.45, 2.75) is 38.5 Å². The molecule has 2 aromatic rings. The van der Waals surface area contributed by atoms with Crippen LogP contribution in [-0.2, 0) is 6.61 Å². The zero-order valence-electron chi connectivity index (χ0n) is 13.3. The summed E-state index contributed by atoms with van der Waals surface area (Å²) in [6.45, 7) is 2.57. The quantitative estimate of drug-likeness (QED) is 0.932. The van der Waals surface area contributed by atoms with Gasteiger partial charge < -0.3 is 15.4 Å². The molecule has 0 saturated carbocycles. The van der Waals surface area contributed by atoms with Crippen LogP contribution in [0.3, 0.4) is 0 Å². The van der Waals surface area contributed by atoms with E-state index in [1.165, 1.54) is 0 Å². The minimum Gasteiger partial charge on any atom is -0.489 e. The van der Waals surface area contributed by atoms with Crippen LogP contribution in [0.15, 0.2) is 54.6 Å². The second-order valence-electron chi connectivity index (χ2n) is 6.03. The molecule has 2 aromatic carbocycles. The predicted octanol–water partition coefficient (Wildman–Crippen LogP) is 3.87. The minimum atomic E-state index is -0.351. The molecule has 1 unspecified atom stereocenters. The normalized spacial score (nSPS) is 20.5. The van der Waals surface area contributed by atoms with Gasteiger partial charge in [0.25, 0.3) is 0 Å². The molecule has 0 radical (unpaired) electrons. The Hall–Kier alpha value is -2.49. The fourth-order valence-corrected chi connectivity index (χ4v) is 3.24. The van der Waals surface area contributed by atoms with Crippen LogP contribution in [0.1, 0.15) is 36.9 Å². The summed E-state index contributed by atoms with van der Waals surface area (Å²) in [6.07, 6.45) is 1.91. The Labute approximate surface area is 136 Å². The van der Waals surface area contributed by atoms with E-state index in [1.54, 1.807) is 4.90 Å². The number of ether oxygens (including phenoxy) is 1. The van der Waals surface area contributed by atoms with E-state index >= 15 is 0 Å². The number of hydrogen-bond acceptors (Lipinski definition) is 2. The third-order valence-electron chi connectivity index (χ3n) is 4.41. The maximum atomic E-state index is 11.7. The number of carbonyl (C=O) groups is 1. The first-order chi connectivity index (χ1) is 11.1. The summed E-state index contributed by atoms with van der Waals surface area (Å²) in [4.78, 5) is 13.5. The molecule has 0 aromatic heterocycles. The Morgan fingerprint density at radius 2 is 1.96 bits per heavy atom. The molecular formula is C19H22N2O2. The molecule has 0 bridgehead atoms. The van der Waals surface area contributed by atoms with Crippen LogP contribution < -0.4 is 10.5 Å². The Kier molecular flexibility index (Phi) is 4.51. The van der Waals surface area contributed by atoms with Crippen molar-refractivity contribution in [2.75, 3.05) is 0 Å². The molecule has 4 nitrogen and oxygen atoms in total. The van der Waals surface area contributed by atoms with Crippen molar-refractivity contribution in [3.8, 4) is 5.75 Å². The highest BCUT2D eigenvalue weighted by Gasteiger charge is 2.34. The van der Waals surface area contributed by atoms with Crippen molar-refractivity contribution >= 4 is 6.03 Å². The molecule has 1 heterocycles. The smallest absolute Gasteiger partial charge is 0.315 e. The average Bonchev–Trinajstić information content (AvgIpc) is 2.96. The average molecular weight is 310 g/mol. The highest BCUT2D eigenvalue weighted by atomic mass is 16.5. The van der Waals surface area contributed by atoms with E-state index in [0.29, 0.717) is 6.61 Å². The lowest BCUT2D eigenvalue weighted by Gasteiger charge is -2.27. The minimum absolute atomic E-state index is 0.0442. The molecule has 1 fully saturated rings. The van der Waals surface area contributed by atoms with Crippen molar-refractivity contribution in [2.24, 2.45) is 5.73 Å². The molecule has 0 aliphatic carbocycles. The molecule has 3 rings (SSSR count). The van der Waals surface area contributed by atoms with Crippen LogP contribution in [0.4, 0.5) is 4.79 Å². The van der Waals surface area contributed by atoms with Gasteiger partial charge in [-0.25, -0.2) is 4.79 Å². The summed E-state index contributed by atoms with van der Waals surface area (Å²) in [5, 5.41) is 0. The Morgan fingerprint density at radius 1 is 1.17 bits per heavy atom. The number of urea groups is 1. The molecule has 120 valence electrons. The van der Waals surface area contributed by atoms with Gasteiger partial charge in [-0.1, -0.05) is 42.5 Å². The van der Waals surface area contributed by atoms with Crippen LogP contribution in [-0.4, -0.2) is 17.0 Å². The lowest BCUT2D eigenvalue weighted by Crippen LogP contribution is -2.39. The van der Waals surface area contributed by atoms with Gasteiger partial charge in [-0.2, -0.15) is 0 Å². The van der Waals surface area contributed by atoms with Gasteiger partial charge >= 0.3 is 6.03 Å². The van der Waals surface area contributed by atoms with E-state index < -0.39 is 0 Å². The molecule has 1 aliphatic heterocycles. The van der Waals surface area contributed by atoms with Crippen molar-refractivity contribution in [3.63, 3.8) is 0 Å². The van der Waals surface area contributed by atoms with E-state index in [1.807, 2.05) is 61.5 Å². The number of carbonyl (C=O) groups excluding carboxylic acids is 1. The molecule has 0 spiro atoms. The number of primary amides is 1. The predicted molar refractivity (Wildman–Crippen MR) is 90.1 cm³/mol. The second-order valence-corrected chi connectivity index (χ2v) is 6.03. The van der Waals surface area contributed by atoms with Gasteiger partial charge in [-0.15, -0.1) is 0 Å². The van der Waals surface area contributed by atoms with E-state index in [4.69, 9.17) is 10.5 Å². The van der Waals surface area contributed by atoms with E-state index in [9.17, 15) is 4.79 Å². The summed E-state index contributed by atoms with van der Waals surface area (Å²) in [5.41, 5.74) is 7.76. The lowest BCUT2D eigenvalue weighted by atomic mass is 10.0. The molecule has 2 atom stereocenters. The summed E-state index contributed by atoms with van der Waals surface area (Å²) in [5.74, 6) is 0.815. The number of hydrogen-bond donors (Lipinski definition) is 1. The Morgan fingerprint density at radius 3 is 2.70 bits per heavy atom. The lowest BCUT2D eigenvalue weighted by molar-refractivity contribution is 0.186. The monoisotopic (exact) mass is 310 g/mol. The van der Waals surface area contributed by atoms with Crippen molar-refractivity contribution in [3.05, 3.63) is 65.7 Å². The summed E-state index contributed by atoms with van der Waals surface area (Å²) >= 11 is 0. The van der Waals surface area contributed by atoms with Crippen LogP contribution >= 0.6 is 0 Å². The fourth-order valence-electron chi connectivity index (χ4n) is 3.24. The van der Waals surface area contributed by atoms with Gasteiger partial charge in [-0.3, -0.25) is 0 Å². The number of benzene rings is 2. The van der Waals surface area contributed by atoms with E-state index in [0.717, 1.165) is 29.7 Å². The maximum absolute atomic E-state index is 11.7. The maximum Gasteiger partial charge on any atom is 0.315 e. The highest BCUT2D eigenvalue weighted by Crippen LogP contribution is 2.36. The number of rotatable bonds is 4. The van der Waals surface area contributed by atoms with Crippen LogP contribution in [0.2, 0.25) is 0 Å². The van der Waals surface area contributed by atoms with Crippen LogP contribution in [0, 0.1) is 0 Å². The van der Waals surface area contributed by atoms with Crippen molar-refractivity contribution < 1.29 is 9.53 Å². The van der Waals surface area contributed by atoms with Crippen LogP contribution in [0.25, 0.3) is 0 Å². The first-order valence-corrected chi connectivity index (χ1v) is 7.99. The SMILES string of the molecule is CC1CC[C@H](c2cccc(OCc3ccccc3)c2)N1C(N)=O. The molecule has 23 heavy (non-hydrogen) atoms. The first-order valence-electron chi connectivity index (χ1n) is 7.99. The summed E-state index contributed by atoms with van der Waals surface area (Å²) < 4.78 is 5.88. The number of nitrogens with two attached hydrogens (primary N) is 1. The molecule has 4 heteroatoms. The van der Waals surface area contributed by atoms with E-state index in [-0.39, 0.29) is 18.1 Å². The largest absolute Gasteiger partial charge is 0.489 e. The zero-order chi connectivity index (χ0) is 16.2. The van der Waals surface area contributed by atoms with Gasteiger partial charge in [0, 0.05) is 6.04 Å². The molecular weight excluding hydrogens is 288 g/mol. The van der Waals surface area contributed by atoms with Gasteiger partial charge in [-0.05, 0) is 43.0 Å². The number of likely N-dealkylation sites (tertiary alicyclic amines) is 1. The second kappa shape index (κ2) is 6.73. The number of nitrogens with zero attached hydrogens (tertiary/aromatic N) is 1. The van der Waals surface area contributed by atoms with Gasteiger partial charge in [0.2, 0.25) is 0 Å². The molecule has 1 aliphatic rings. The van der Waals surface area contributed by atoms with Gasteiger partial charge in [0.1, 0.15) is 12.4 Å². The first kappa shape index (κ1) is 15.4. The standard InChI is InChI=1S/C19H22N2O2/c1-14-10-11-18(21(14)19(20)22)16-8-5-9-17(12-16)23-13-15-6-3-2-4-7-15/h2-9,12,14,18H,10-11,13H2,1H3,(H2,20,22)/t14?,18-/m1/s1. The third kappa shape index (κ3) is 3.47. The Balaban J connectivity index is 1.73. The summed E-state index contributed by atoms with van der Waals surface area (Å²) in [6, 6.07) is 17.9. The summed E-state index contributed by atoms with van der Waals surface area (Å²) in [7, 11) is 0. The fraction of sp³-hybridized carbons (Fsp3) is 0.316. The Bertz CT molecular complexity index is 672.